The Morgan fingerprint density at radius 1 is 0.966 bits per heavy atom. The molecule has 144 valence electrons. The Morgan fingerprint density at radius 2 is 1.76 bits per heavy atom. The zero-order chi connectivity index (χ0) is 20.1. The molecule has 2 heterocycles. The summed E-state index contributed by atoms with van der Waals surface area (Å²) in [7, 11) is 1.63. The molecule has 29 heavy (non-hydrogen) atoms. The lowest BCUT2D eigenvalue weighted by Crippen LogP contribution is -2.11. The molecule has 0 aliphatic carbocycles. The maximum absolute atomic E-state index is 12.9. The molecule has 0 bridgehead atoms. The van der Waals surface area contributed by atoms with Gasteiger partial charge in [0.05, 0.1) is 24.7 Å². The Balaban J connectivity index is 1.66. The number of nitrogens with one attached hydrogen (secondary N) is 2. The maximum Gasteiger partial charge on any atom is 0.268 e. The molecule has 4 aromatic rings. The largest absolute Gasteiger partial charge is 0.497 e. The average molecular weight is 402 g/mol. The molecule has 6 nitrogen and oxygen atoms in total. The van der Waals surface area contributed by atoms with Crippen molar-refractivity contribution in [2.75, 3.05) is 17.7 Å². The van der Waals surface area contributed by atoms with Gasteiger partial charge in [0.25, 0.3) is 5.91 Å². The van der Waals surface area contributed by atoms with E-state index in [1.165, 1.54) is 11.3 Å². The van der Waals surface area contributed by atoms with E-state index in [0.29, 0.717) is 21.4 Å². The molecule has 2 N–H and O–H groups in total. The first kappa shape index (κ1) is 18.6. The lowest BCUT2D eigenvalue weighted by atomic mass is 10.1. The van der Waals surface area contributed by atoms with Gasteiger partial charge in [0.15, 0.2) is 5.13 Å². The van der Waals surface area contributed by atoms with Crippen molar-refractivity contribution < 1.29 is 9.53 Å². The van der Waals surface area contributed by atoms with Crippen molar-refractivity contribution in [1.82, 2.24) is 9.97 Å². The third kappa shape index (κ3) is 4.41. The lowest BCUT2D eigenvalue weighted by molar-refractivity contribution is 0.103. The SMILES string of the molecule is COc1ccc(Nc2nc(-c3ccccc3)c(C(=O)Nc3cccnc3)s2)cc1. The number of pyridine rings is 1. The summed E-state index contributed by atoms with van der Waals surface area (Å²) in [6.45, 7) is 0. The van der Waals surface area contributed by atoms with Crippen LogP contribution in [0.4, 0.5) is 16.5 Å². The summed E-state index contributed by atoms with van der Waals surface area (Å²) >= 11 is 1.30. The van der Waals surface area contributed by atoms with Gasteiger partial charge in [0, 0.05) is 17.4 Å². The quantitative estimate of drug-likeness (QED) is 0.463. The monoisotopic (exact) mass is 402 g/mol. The van der Waals surface area contributed by atoms with Crippen molar-refractivity contribution in [2.45, 2.75) is 0 Å². The molecule has 1 amide bonds. The molecule has 0 saturated carbocycles. The zero-order valence-corrected chi connectivity index (χ0v) is 16.4. The average Bonchev–Trinajstić information content (AvgIpc) is 3.19. The van der Waals surface area contributed by atoms with Crippen molar-refractivity contribution in [2.24, 2.45) is 0 Å². The van der Waals surface area contributed by atoms with Gasteiger partial charge >= 0.3 is 0 Å². The first-order valence-electron chi connectivity index (χ1n) is 8.91. The van der Waals surface area contributed by atoms with Gasteiger partial charge in [-0.2, -0.15) is 0 Å². The molecule has 2 aromatic heterocycles. The number of methoxy groups -OCH3 is 1. The number of thiazole rings is 1. The van der Waals surface area contributed by atoms with Gasteiger partial charge in [-0.05, 0) is 36.4 Å². The van der Waals surface area contributed by atoms with Crippen LogP contribution >= 0.6 is 11.3 Å². The maximum atomic E-state index is 12.9. The standard InChI is InChI=1S/C22H18N4O2S/c1-28-18-11-9-16(10-12-18)25-22-26-19(15-6-3-2-4-7-15)20(29-22)21(27)24-17-8-5-13-23-14-17/h2-14H,1H3,(H,24,27)(H,25,26). The third-order valence-electron chi connectivity index (χ3n) is 4.14. The van der Waals surface area contributed by atoms with E-state index >= 15 is 0 Å². The smallest absolute Gasteiger partial charge is 0.268 e. The van der Waals surface area contributed by atoms with Crippen molar-refractivity contribution in [3.8, 4) is 17.0 Å². The molecule has 2 aromatic carbocycles. The fraction of sp³-hybridized carbons (Fsp3) is 0.0455. The van der Waals surface area contributed by atoms with Crippen LogP contribution in [0.25, 0.3) is 11.3 Å². The van der Waals surface area contributed by atoms with Crippen LogP contribution in [-0.2, 0) is 0 Å². The van der Waals surface area contributed by atoms with E-state index in [1.54, 1.807) is 31.6 Å². The van der Waals surface area contributed by atoms with Crippen LogP contribution in [0.1, 0.15) is 9.67 Å². The minimum atomic E-state index is -0.225. The number of ether oxygens (including phenoxy) is 1. The molecule has 0 unspecified atom stereocenters. The van der Waals surface area contributed by atoms with Gasteiger partial charge in [0.1, 0.15) is 10.6 Å². The summed E-state index contributed by atoms with van der Waals surface area (Å²) in [6.07, 6.45) is 3.27. The predicted octanol–water partition coefficient (Wildman–Crippen LogP) is 5.21. The van der Waals surface area contributed by atoms with Gasteiger partial charge in [-0.1, -0.05) is 41.7 Å². The fourth-order valence-corrected chi connectivity index (χ4v) is 3.64. The summed E-state index contributed by atoms with van der Waals surface area (Å²) in [5.41, 5.74) is 3.00. The van der Waals surface area contributed by atoms with Gasteiger partial charge in [0.2, 0.25) is 0 Å². The number of carbonyl (C=O) groups is 1. The van der Waals surface area contributed by atoms with Crippen molar-refractivity contribution >= 4 is 33.8 Å². The Labute approximate surface area is 172 Å². The molecular formula is C22H18N4O2S. The molecule has 0 saturated heterocycles. The molecule has 0 aliphatic rings. The molecule has 0 spiro atoms. The molecular weight excluding hydrogens is 384 g/mol. The second-order valence-corrected chi connectivity index (χ2v) is 7.11. The number of carbonyl (C=O) groups excluding carboxylic acids is 1. The van der Waals surface area contributed by atoms with E-state index in [9.17, 15) is 4.79 Å². The molecule has 0 fully saturated rings. The van der Waals surface area contributed by atoms with Crippen LogP contribution in [0, 0.1) is 0 Å². The van der Waals surface area contributed by atoms with Crippen LogP contribution in [0.15, 0.2) is 79.1 Å². The molecule has 4 rings (SSSR count). The number of hydrogen-bond acceptors (Lipinski definition) is 6. The topological polar surface area (TPSA) is 76.1 Å². The number of nitrogens with zero attached hydrogens (tertiary/aromatic N) is 2. The van der Waals surface area contributed by atoms with Gasteiger partial charge in [-0.3, -0.25) is 9.78 Å². The Hall–Kier alpha value is -3.71. The van der Waals surface area contributed by atoms with Crippen molar-refractivity contribution in [3.63, 3.8) is 0 Å². The summed E-state index contributed by atoms with van der Waals surface area (Å²) in [4.78, 5) is 22.2. The second-order valence-electron chi connectivity index (χ2n) is 6.11. The summed E-state index contributed by atoms with van der Waals surface area (Å²) in [6, 6.07) is 20.8. The van der Waals surface area contributed by atoms with Gasteiger partial charge < -0.3 is 15.4 Å². The fourth-order valence-electron chi connectivity index (χ4n) is 2.74. The minimum absolute atomic E-state index is 0.225. The van der Waals surface area contributed by atoms with Crippen molar-refractivity contribution in [3.05, 3.63) is 84.0 Å². The first-order valence-corrected chi connectivity index (χ1v) is 9.73. The van der Waals surface area contributed by atoms with Crippen LogP contribution in [0.3, 0.4) is 0 Å². The minimum Gasteiger partial charge on any atom is -0.497 e. The molecule has 0 aliphatic heterocycles. The Morgan fingerprint density at radius 3 is 2.45 bits per heavy atom. The Bertz CT molecular complexity index is 1100. The van der Waals surface area contributed by atoms with Crippen LogP contribution in [0.2, 0.25) is 0 Å². The van der Waals surface area contributed by atoms with E-state index in [4.69, 9.17) is 4.74 Å². The van der Waals surface area contributed by atoms with Crippen molar-refractivity contribution in [1.29, 1.82) is 0 Å². The highest BCUT2D eigenvalue weighted by Crippen LogP contribution is 2.33. The summed E-state index contributed by atoms with van der Waals surface area (Å²) in [5.74, 6) is 0.549. The van der Waals surface area contributed by atoms with Crippen LogP contribution in [-0.4, -0.2) is 23.0 Å². The number of amides is 1. The first-order chi connectivity index (χ1) is 14.2. The summed E-state index contributed by atoms with van der Waals surface area (Å²) in [5, 5.41) is 6.78. The highest BCUT2D eigenvalue weighted by molar-refractivity contribution is 7.18. The molecule has 7 heteroatoms. The van der Waals surface area contributed by atoms with E-state index in [2.05, 4.69) is 20.6 Å². The van der Waals surface area contributed by atoms with Crippen LogP contribution < -0.4 is 15.4 Å². The third-order valence-corrected chi connectivity index (χ3v) is 5.11. The van der Waals surface area contributed by atoms with Gasteiger partial charge in [-0.15, -0.1) is 0 Å². The predicted molar refractivity (Wildman–Crippen MR) is 116 cm³/mol. The number of rotatable bonds is 6. The van der Waals surface area contributed by atoms with E-state index in [-0.39, 0.29) is 5.91 Å². The Kier molecular flexibility index (Phi) is 5.49. The number of benzene rings is 2. The number of hydrogen-bond donors (Lipinski definition) is 2. The highest BCUT2D eigenvalue weighted by Gasteiger charge is 2.20. The van der Waals surface area contributed by atoms with E-state index in [0.717, 1.165) is 17.0 Å². The number of aromatic nitrogens is 2. The van der Waals surface area contributed by atoms with E-state index in [1.807, 2.05) is 54.6 Å². The molecule has 0 radical (unpaired) electrons. The van der Waals surface area contributed by atoms with E-state index < -0.39 is 0 Å². The zero-order valence-electron chi connectivity index (χ0n) is 15.6. The normalized spacial score (nSPS) is 10.4. The molecule has 0 atom stereocenters. The van der Waals surface area contributed by atoms with Gasteiger partial charge in [-0.25, -0.2) is 4.98 Å². The number of anilines is 3. The van der Waals surface area contributed by atoms with Crippen LogP contribution in [0.5, 0.6) is 5.75 Å². The lowest BCUT2D eigenvalue weighted by Gasteiger charge is -2.04. The highest BCUT2D eigenvalue weighted by atomic mass is 32.1. The second kappa shape index (κ2) is 8.53. The summed E-state index contributed by atoms with van der Waals surface area (Å²) < 4.78 is 5.19.